The van der Waals surface area contributed by atoms with Gasteiger partial charge in [-0.05, 0) is 22.9 Å². The third-order valence-electron chi connectivity index (χ3n) is 4.14. The van der Waals surface area contributed by atoms with Gasteiger partial charge in [0.2, 0.25) is 5.82 Å². The van der Waals surface area contributed by atoms with Crippen molar-refractivity contribution in [2.75, 3.05) is 0 Å². The van der Waals surface area contributed by atoms with Crippen LogP contribution < -0.4 is 0 Å². The highest BCUT2D eigenvalue weighted by molar-refractivity contribution is 7.17. The van der Waals surface area contributed by atoms with Crippen LogP contribution in [-0.2, 0) is 0 Å². The third kappa shape index (κ3) is 2.76. The van der Waals surface area contributed by atoms with Gasteiger partial charge in [0, 0.05) is 16.5 Å². The predicted molar refractivity (Wildman–Crippen MR) is 101 cm³/mol. The Bertz CT molecular complexity index is 1230. The Morgan fingerprint density at radius 2 is 1.70 bits per heavy atom. The molecule has 0 N–H and O–H groups in total. The van der Waals surface area contributed by atoms with E-state index in [0.717, 1.165) is 26.9 Å². The zero-order chi connectivity index (χ0) is 18.2. The highest BCUT2D eigenvalue weighted by Gasteiger charge is 2.17. The fourth-order valence-corrected chi connectivity index (χ4v) is 3.77. The van der Waals surface area contributed by atoms with E-state index >= 15 is 0 Å². The molecule has 0 atom stereocenters. The number of rotatable bonds is 3. The molecule has 5 aromatic rings. The minimum Gasteiger partial charge on any atom is -0.225 e. The van der Waals surface area contributed by atoms with E-state index in [1.165, 1.54) is 34.6 Å². The maximum absolute atomic E-state index is 13.3. The maximum Gasteiger partial charge on any atom is 0.205 e. The first-order valence-electron chi connectivity index (χ1n) is 8.13. The van der Waals surface area contributed by atoms with Crippen LogP contribution in [0, 0.1) is 5.82 Å². The number of thiophene rings is 1. The topological polar surface area (TPSA) is 69.4 Å². The lowest BCUT2D eigenvalue weighted by Gasteiger charge is -2.03. The molecule has 3 heterocycles. The lowest BCUT2D eigenvalue weighted by molar-refractivity contribution is 0.628. The molecule has 6 nitrogen and oxygen atoms in total. The van der Waals surface area contributed by atoms with Gasteiger partial charge in [0.15, 0.2) is 5.82 Å². The minimum atomic E-state index is -0.278. The summed E-state index contributed by atoms with van der Waals surface area (Å²) in [5.74, 6) is 0.774. The molecule has 2 aromatic carbocycles. The number of hydrogen-bond donors (Lipinski definition) is 0. The Kier molecular flexibility index (Phi) is 3.68. The summed E-state index contributed by atoms with van der Waals surface area (Å²) in [4.78, 5) is 10.9. The summed E-state index contributed by atoms with van der Waals surface area (Å²) in [7, 11) is 0. The van der Waals surface area contributed by atoms with Crippen LogP contribution in [0.25, 0.3) is 38.5 Å². The molecule has 0 spiro atoms. The van der Waals surface area contributed by atoms with Gasteiger partial charge in [0.1, 0.15) is 17.0 Å². The van der Waals surface area contributed by atoms with E-state index in [1.807, 2.05) is 35.7 Å². The normalized spacial score (nSPS) is 11.1. The smallest absolute Gasteiger partial charge is 0.205 e. The lowest BCUT2D eigenvalue weighted by atomic mass is 10.1. The van der Waals surface area contributed by atoms with Crippen molar-refractivity contribution in [3.8, 4) is 28.3 Å². The average molecular weight is 374 g/mol. The quantitative estimate of drug-likeness (QED) is 0.475. The van der Waals surface area contributed by atoms with Gasteiger partial charge in [-0.15, -0.1) is 26.3 Å². The number of aromatic nitrogens is 6. The maximum atomic E-state index is 13.3. The Morgan fingerprint density at radius 1 is 0.889 bits per heavy atom. The fraction of sp³-hybridized carbons (Fsp3) is 0. The largest absolute Gasteiger partial charge is 0.225 e. The molecule has 0 unspecified atom stereocenters. The van der Waals surface area contributed by atoms with E-state index in [-0.39, 0.29) is 5.82 Å². The molecule has 0 saturated heterocycles. The zero-order valence-corrected chi connectivity index (χ0v) is 14.6. The van der Waals surface area contributed by atoms with Gasteiger partial charge >= 0.3 is 0 Å². The Morgan fingerprint density at radius 3 is 2.52 bits per heavy atom. The van der Waals surface area contributed by atoms with Crippen LogP contribution in [0.2, 0.25) is 0 Å². The molecule has 0 aliphatic rings. The van der Waals surface area contributed by atoms with Gasteiger partial charge < -0.3 is 0 Å². The molecule has 5 rings (SSSR count). The van der Waals surface area contributed by atoms with Crippen LogP contribution in [0.15, 0.2) is 66.3 Å². The second kappa shape index (κ2) is 6.33. The molecule has 0 bridgehead atoms. The SMILES string of the molecule is Fc1ccc(-c2csc3ncnc(-n4nnc(-c5ccccc5)n4)c23)cc1. The van der Waals surface area contributed by atoms with Crippen molar-refractivity contribution < 1.29 is 4.39 Å². The van der Waals surface area contributed by atoms with Gasteiger partial charge in [0.05, 0.1) is 5.39 Å². The van der Waals surface area contributed by atoms with Crippen LogP contribution >= 0.6 is 11.3 Å². The Labute approximate surface area is 157 Å². The molecule has 0 radical (unpaired) electrons. The second-order valence-corrected chi connectivity index (χ2v) is 6.66. The highest BCUT2D eigenvalue weighted by Crippen LogP contribution is 2.35. The van der Waals surface area contributed by atoms with Crippen molar-refractivity contribution in [2.24, 2.45) is 0 Å². The molecule has 27 heavy (non-hydrogen) atoms. The second-order valence-electron chi connectivity index (χ2n) is 5.80. The summed E-state index contributed by atoms with van der Waals surface area (Å²) in [5.41, 5.74) is 2.66. The van der Waals surface area contributed by atoms with E-state index < -0.39 is 0 Å². The number of benzene rings is 2. The van der Waals surface area contributed by atoms with Gasteiger partial charge in [-0.1, -0.05) is 42.5 Å². The zero-order valence-electron chi connectivity index (χ0n) is 13.8. The first-order valence-corrected chi connectivity index (χ1v) is 9.01. The molecule has 0 aliphatic carbocycles. The average Bonchev–Trinajstić information content (AvgIpc) is 3.37. The molecule has 3 aromatic heterocycles. The first kappa shape index (κ1) is 15.7. The Hall–Kier alpha value is -3.52. The van der Waals surface area contributed by atoms with E-state index in [4.69, 9.17) is 0 Å². The van der Waals surface area contributed by atoms with Crippen molar-refractivity contribution >= 4 is 21.6 Å². The number of halogens is 1. The monoisotopic (exact) mass is 374 g/mol. The lowest BCUT2D eigenvalue weighted by Crippen LogP contribution is -2.03. The molecule has 0 aliphatic heterocycles. The van der Waals surface area contributed by atoms with E-state index in [9.17, 15) is 4.39 Å². The summed E-state index contributed by atoms with van der Waals surface area (Å²) >= 11 is 1.49. The van der Waals surface area contributed by atoms with E-state index in [0.29, 0.717) is 11.6 Å². The summed E-state index contributed by atoms with van der Waals surface area (Å²) in [6.07, 6.45) is 1.48. The first-order chi connectivity index (χ1) is 13.3. The van der Waals surface area contributed by atoms with E-state index in [1.54, 1.807) is 12.1 Å². The minimum absolute atomic E-state index is 0.278. The van der Waals surface area contributed by atoms with Crippen molar-refractivity contribution in [1.82, 2.24) is 30.2 Å². The number of hydrogen-bond acceptors (Lipinski definition) is 6. The summed E-state index contributed by atoms with van der Waals surface area (Å²) in [6, 6.07) is 16.0. The van der Waals surface area contributed by atoms with Gasteiger partial charge in [0.25, 0.3) is 0 Å². The predicted octanol–water partition coefficient (Wildman–Crippen LogP) is 4.14. The number of fused-ring (bicyclic) bond motifs is 1. The molecule has 0 fully saturated rings. The van der Waals surface area contributed by atoms with Crippen molar-refractivity contribution in [1.29, 1.82) is 0 Å². The molecule has 130 valence electrons. The van der Waals surface area contributed by atoms with Gasteiger partial charge in [-0.2, -0.15) is 0 Å². The third-order valence-corrected chi connectivity index (χ3v) is 5.03. The van der Waals surface area contributed by atoms with Gasteiger partial charge in [-0.3, -0.25) is 0 Å². The van der Waals surface area contributed by atoms with Crippen molar-refractivity contribution in [3.63, 3.8) is 0 Å². The van der Waals surface area contributed by atoms with Crippen LogP contribution in [0.5, 0.6) is 0 Å². The van der Waals surface area contributed by atoms with Crippen LogP contribution in [0.3, 0.4) is 0 Å². The van der Waals surface area contributed by atoms with Gasteiger partial charge in [-0.25, -0.2) is 14.4 Å². The van der Waals surface area contributed by atoms with Crippen LogP contribution in [-0.4, -0.2) is 30.2 Å². The Balaban J connectivity index is 1.67. The van der Waals surface area contributed by atoms with Crippen LogP contribution in [0.1, 0.15) is 0 Å². The summed E-state index contributed by atoms with van der Waals surface area (Å²) in [6.45, 7) is 0. The van der Waals surface area contributed by atoms with E-state index in [2.05, 4.69) is 25.4 Å². The summed E-state index contributed by atoms with van der Waals surface area (Å²) in [5, 5.41) is 15.6. The van der Waals surface area contributed by atoms with Crippen molar-refractivity contribution in [3.05, 3.63) is 72.1 Å². The standard InChI is InChI=1S/C19H11FN6S/c20-14-8-6-12(7-9-14)15-10-27-19-16(15)18(21-11-22-19)26-24-17(23-25-26)13-4-2-1-3-5-13/h1-11H. The fourth-order valence-electron chi connectivity index (χ4n) is 2.86. The highest BCUT2D eigenvalue weighted by atomic mass is 32.1. The van der Waals surface area contributed by atoms with Crippen molar-refractivity contribution in [2.45, 2.75) is 0 Å². The van der Waals surface area contributed by atoms with Crippen LogP contribution in [0.4, 0.5) is 4.39 Å². The number of tetrazole rings is 1. The molecular formula is C19H11FN6S. The molecule has 8 heteroatoms. The number of nitrogens with zero attached hydrogens (tertiary/aromatic N) is 6. The molecule has 0 saturated carbocycles. The molecule has 0 amide bonds. The summed E-state index contributed by atoms with van der Waals surface area (Å²) < 4.78 is 13.3. The molecular weight excluding hydrogens is 363 g/mol.